The van der Waals surface area contributed by atoms with Crippen LogP contribution in [0.1, 0.15) is 35.6 Å². The Balaban J connectivity index is 1.65. The van der Waals surface area contributed by atoms with E-state index in [4.69, 9.17) is 4.74 Å². The zero-order valence-corrected chi connectivity index (χ0v) is 14.9. The van der Waals surface area contributed by atoms with Gasteiger partial charge in [0.05, 0.1) is 11.0 Å². The standard InChI is InChI=1S/C20H22N2O4/c1-13-3-6-15(7-4-13)20(16-8-9-16)21-19(23)12-26-18-11-14(2)5-10-17(18)22(24)25/h3-7,10-11,16,20H,8-9,12H2,1-2H3,(H,21,23). The molecule has 1 aliphatic carbocycles. The molecule has 1 aliphatic rings. The summed E-state index contributed by atoms with van der Waals surface area (Å²) in [4.78, 5) is 22.9. The van der Waals surface area contributed by atoms with Gasteiger partial charge in [0.25, 0.3) is 5.91 Å². The lowest BCUT2D eigenvalue weighted by atomic mass is 10.0. The van der Waals surface area contributed by atoms with E-state index in [1.165, 1.54) is 11.6 Å². The molecule has 0 heterocycles. The first-order valence-corrected chi connectivity index (χ1v) is 8.68. The fraction of sp³-hybridized carbons (Fsp3) is 0.350. The highest BCUT2D eigenvalue weighted by Crippen LogP contribution is 2.41. The molecule has 6 nitrogen and oxygen atoms in total. The summed E-state index contributed by atoms with van der Waals surface area (Å²) in [7, 11) is 0. The molecule has 1 amide bonds. The Bertz CT molecular complexity index is 813. The summed E-state index contributed by atoms with van der Waals surface area (Å²) in [6.07, 6.45) is 2.17. The van der Waals surface area contributed by atoms with Crippen LogP contribution in [0.3, 0.4) is 0 Å². The van der Waals surface area contributed by atoms with Gasteiger partial charge in [-0.05, 0) is 49.8 Å². The van der Waals surface area contributed by atoms with Crippen LogP contribution in [0.25, 0.3) is 0 Å². The van der Waals surface area contributed by atoms with Crippen molar-refractivity contribution in [3.63, 3.8) is 0 Å². The van der Waals surface area contributed by atoms with Crippen molar-refractivity contribution in [2.24, 2.45) is 5.92 Å². The lowest BCUT2D eigenvalue weighted by Crippen LogP contribution is -2.33. The van der Waals surface area contributed by atoms with E-state index in [0.29, 0.717) is 5.92 Å². The van der Waals surface area contributed by atoms with Gasteiger partial charge in [0.15, 0.2) is 12.4 Å². The smallest absolute Gasteiger partial charge is 0.310 e. The molecule has 1 unspecified atom stereocenters. The Hall–Kier alpha value is -2.89. The Morgan fingerprint density at radius 2 is 1.85 bits per heavy atom. The minimum atomic E-state index is -0.508. The monoisotopic (exact) mass is 354 g/mol. The number of hydrogen-bond acceptors (Lipinski definition) is 4. The molecule has 136 valence electrons. The number of carbonyl (C=O) groups is 1. The van der Waals surface area contributed by atoms with Crippen LogP contribution in [-0.4, -0.2) is 17.4 Å². The maximum atomic E-state index is 12.4. The molecule has 3 rings (SSSR count). The number of benzene rings is 2. The summed E-state index contributed by atoms with van der Waals surface area (Å²) in [6, 6.07) is 12.7. The highest BCUT2D eigenvalue weighted by Gasteiger charge is 2.33. The molecule has 0 aromatic heterocycles. The molecule has 1 atom stereocenters. The fourth-order valence-electron chi connectivity index (χ4n) is 2.92. The van der Waals surface area contributed by atoms with E-state index in [1.807, 2.05) is 38.1 Å². The fourth-order valence-corrected chi connectivity index (χ4v) is 2.92. The average Bonchev–Trinajstić information content (AvgIpc) is 3.43. The summed E-state index contributed by atoms with van der Waals surface area (Å²) in [6.45, 7) is 3.59. The van der Waals surface area contributed by atoms with E-state index in [9.17, 15) is 14.9 Å². The molecule has 2 aromatic carbocycles. The zero-order chi connectivity index (χ0) is 18.7. The lowest BCUT2D eigenvalue weighted by molar-refractivity contribution is -0.385. The minimum Gasteiger partial charge on any atom is -0.477 e. The first kappa shape index (κ1) is 17.9. The molecule has 0 radical (unpaired) electrons. The lowest BCUT2D eigenvalue weighted by Gasteiger charge is -2.19. The van der Waals surface area contributed by atoms with Crippen molar-refractivity contribution in [2.45, 2.75) is 32.7 Å². The molecule has 2 aromatic rings. The summed E-state index contributed by atoms with van der Waals surface area (Å²) >= 11 is 0. The van der Waals surface area contributed by atoms with Gasteiger partial charge < -0.3 is 10.1 Å². The van der Waals surface area contributed by atoms with Crippen molar-refractivity contribution >= 4 is 11.6 Å². The molecular weight excluding hydrogens is 332 g/mol. The van der Waals surface area contributed by atoms with Crippen LogP contribution >= 0.6 is 0 Å². The molecule has 0 saturated heterocycles. The van der Waals surface area contributed by atoms with Gasteiger partial charge in [0.2, 0.25) is 0 Å². The third kappa shape index (κ3) is 4.39. The summed E-state index contributed by atoms with van der Waals surface area (Å²) in [5, 5.41) is 14.1. The van der Waals surface area contributed by atoms with Gasteiger partial charge in [-0.2, -0.15) is 0 Å². The molecule has 1 fully saturated rings. The molecule has 1 N–H and O–H groups in total. The Labute approximate surface area is 152 Å². The molecule has 26 heavy (non-hydrogen) atoms. The van der Waals surface area contributed by atoms with Gasteiger partial charge in [-0.3, -0.25) is 14.9 Å². The van der Waals surface area contributed by atoms with Gasteiger partial charge in [-0.15, -0.1) is 0 Å². The Morgan fingerprint density at radius 1 is 1.19 bits per heavy atom. The van der Waals surface area contributed by atoms with Crippen LogP contribution < -0.4 is 10.1 Å². The molecular formula is C20H22N2O4. The minimum absolute atomic E-state index is 0.0424. The highest BCUT2D eigenvalue weighted by molar-refractivity contribution is 5.78. The number of nitro groups is 1. The van der Waals surface area contributed by atoms with E-state index in [1.54, 1.807) is 12.1 Å². The van der Waals surface area contributed by atoms with Gasteiger partial charge in [-0.1, -0.05) is 35.9 Å². The van der Waals surface area contributed by atoms with Crippen molar-refractivity contribution in [2.75, 3.05) is 6.61 Å². The molecule has 6 heteroatoms. The maximum Gasteiger partial charge on any atom is 0.310 e. The van der Waals surface area contributed by atoms with Gasteiger partial charge in [-0.25, -0.2) is 0 Å². The van der Waals surface area contributed by atoms with Gasteiger partial charge in [0.1, 0.15) is 0 Å². The normalized spacial score (nSPS) is 14.5. The second kappa shape index (κ2) is 7.56. The maximum absolute atomic E-state index is 12.4. The third-order valence-electron chi connectivity index (χ3n) is 4.52. The highest BCUT2D eigenvalue weighted by atomic mass is 16.6. The number of hydrogen-bond donors (Lipinski definition) is 1. The SMILES string of the molecule is Cc1ccc(C(NC(=O)COc2cc(C)ccc2[N+](=O)[O-])C2CC2)cc1. The van der Waals surface area contributed by atoms with Crippen LogP contribution in [0, 0.1) is 29.9 Å². The number of amides is 1. The van der Waals surface area contributed by atoms with Crippen LogP contribution in [0.2, 0.25) is 0 Å². The van der Waals surface area contributed by atoms with Crippen LogP contribution in [0.4, 0.5) is 5.69 Å². The zero-order valence-electron chi connectivity index (χ0n) is 14.9. The van der Waals surface area contributed by atoms with Crippen molar-refractivity contribution in [1.82, 2.24) is 5.32 Å². The van der Waals surface area contributed by atoms with E-state index < -0.39 is 4.92 Å². The predicted molar refractivity (Wildman–Crippen MR) is 98.1 cm³/mol. The van der Waals surface area contributed by atoms with Crippen molar-refractivity contribution in [1.29, 1.82) is 0 Å². The van der Waals surface area contributed by atoms with Crippen molar-refractivity contribution in [3.05, 3.63) is 69.3 Å². The predicted octanol–water partition coefficient (Wildman–Crippen LogP) is 3.86. The van der Waals surface area contributed by atoms with E-state index in [0.717, 1.165) is 24.0 Å². The number of ether oxygens (including phenoxy) is 1. The molecule has 0 aliphatic heterocycles. The topological polar surface area (TPSA) is 81.5 Å². The first-order valence-electron chi connectivity index (χ1n) is 8.68. The third-order valence-corrected chi connectivity index (χ3v) is 4.52. The first-order chi connectivity index (χ1) is 12.4. The number of carbonyl (C=O) groups excluding carboxylic acids is 1. The number of nitrogens with zero attached hydrogens (tertiary/aromatic N) is 1. The largest absolute Gasteiger partial charge is 0.477 e. The quantitative estimate of drug-likeness (QED) is 0.605. The summed E-state index contributed by atoms with van der Waals surface area (Å²) < 4.78 is 5.44. The molecule has 0 bridgehead atoms. The summed E-state index contributed by atoms with van der Waals surface area (Å²) in [5.74, 6) is 0.275. The second-order valence-electron chi connectivity index (χ2n) is 6.81. The van der Waals surface area contributed by atoms with Crippen molar-refractivity contribution in [3.8, 4) is 5.75 Å². The van der Waals surface area contributed by atoms with Crippen LogP contribution in [0.15, 0.2) is 42.5 Å². The summed E-state index contributed by atoms with van der Waals surface area (Å²) in [5.41, 5.74) is 2.94. The number of nitro benzene ring substituents is 1. The van der Waals surface area contributed by atoms with E-state index >= 15 is 0 Å². The molecule has 0 spiro atoms. The average molecular weight is 354 g/mol. The number of rotatable bonds is 7. The van der Waals surface area contributed by atoms with E-state index in [2.05, 4.69) is 5.32 Å². The Kier molecular flexibility index (Phi) is 5.21. The van der Waals surface area contributed by atoms with Gasteiger partial charge >= 0.3 is 5.69 Å². The number of nitrogens with one attached hydrogen (secondary N) is 1. The van der Waals surface area contributed by atoms with Crippen LogP contribution in [0.5, 0.6) is 5.75 Å². The van der Waals surface area contributed by atoms with Crippen molar-refractivity contribution < 1.29 is 14.5 Å². The molecule has 1 saturated carbocycles. The Morgan fingerprint density at radius 3 is 2.46 bits per heavy atom. The van der Waals surface area contributed by atoms with E-state index in [-0.39, 0.29) is 30.0 Å². The second-order valence-corrected chi connectivity index (χ2v) is 6.81. The number of aryl methyl sites for hydroxylation is 2. The van der Waals surface area contributed by atoms with Crippen LogP contribution in [-0.2, 0) is 4.79 Å². The van der Waals surface area contributed by atoms with Gasteiger partial charge in [0, 0.05) is 6.07 Å².